The quantitative estimate of drug-likeness (QED) is 0.595. The van der Waals surface area contributed by atoms with E-state index in [1.54, 1.807) is 19.3 Å². The highest BCUT2D eigenvalue weighted by Gasteiger charge is 2.10. The number of rotatable bonds is 7. The second-order valence-corrected chi connectivity index (χ2v) is 5.70. The summed E-state index contributed by atoms with van der Waals surface area (Å²) in [5.74, 6) is 0.251. The highest BCUT2D eigenvalue weighted by atomic mass is 16.5. The van der Waals surface area contributed by atoms with Crippen molar-refractivity contribution in [2.24, 2.45) is 0 Å². The number of hydrogen-bond donors (Lipinski definition) is 1. The monoisotopic (exact) mass is 334 g/mol. The lowest BCUT2D eigenvalue weighted by molar-refractivity contribution is -0.112. The van der Waals surface area contributed by atoms with Crippen LogP contribution in [0, 0.1) is 11.3 Å². The highest BCUT2D eigenvalue weighted by molar-refractivity contribution is 6.09. The van der Waals surface area contributed by atoms with E-state index in [0.29, 0.717) is 11.4 Å². The van der Waals surface area contributed by atoms with Crippen LogP contribution in [0.1, 0.15) is 30.9 Å². The summed E-state index contributed by atoms with van der Waals surface area (Å²) >= 11 is 0. The van der Waals surface area contributed by atoms with E-state index >= 15 is 0 Å². The maximum atomic E-state index is 12.3. The fraction of sp³-hybridized carbons (Fsp3) is 0.238. The van der Waals surface area contributed by atoms with Gasteiger partial charge in [-0.3, -0.25) is 4.79 Å². The number of hydrogen-bond acceptors (Lipinski definition) is 3. The molecule has 1 amide bonds. The number of nitriles is 1. The molecule has 0 aliphatic carbocycles. The minimum atomic E-state index is -0.424. The van der Waals surface area contributed by atoms with Gasteiger partial charge >= 0.3 is 0 Å². The summed E-state index contributed by atoms with van der Waals surface area (Å²) in [5, 5.41) is 12.1. The van der Waals surface area contributed by atoms with E-state index in [9.17, 15) is 10.1 Å². The van der Waals surface area contributed by atoms with Gasteiger partial charge in [-0.25, -0.2) is 0 Å². The van der Waals surface area contributed by atoms with Crippen LogP contribution in [-0.2, 0) is 11.2 Å². The van der Waals surface area contributed by atoms with Gasteiger partial charge < -0.3 is 10.1 Å². The molecule has 0 spiro atoms. The molecule has 1 N–H and O–H groups in total. The van der Waals surface area contributed by atoms with Crippen molar-refractivity contribution in [3.8, 4) is 11.8 Å². The third-order valence-corrected chi connectivity index (χ3v) is 3.80. The zero-order chi connectivity index (χ0) is 18.1. The number of unbranched alkanes of at least 4 members (excludes halogenated alkanes) is 1. The molecule has 2 rings (SSSR count). The molecule has 2 aromatic rings. The molecule has 0 bridgehead atoms. The van der Waals surface area contributed by atoms with Gasteiger partial charge in [0.05, 0.1) is 7.11 Å². The Bertz CT molecular complexity index is 786. The van der Waals surface area contributed by atoms with E-state index in [0.717, 1.165) is 24.8 Å². The van der Waals surface area contributed by atoms with Crippen LogP contribution in [0.5, 0.6) is 5.75 Å². The Morgan fingerprint density at radius 2 is 2.00 bits per heavy atom. The highest BCUT2D eigenvalue weighted by Crippen LogP contribution is 2.17. The number of carbonyl (C=O) groups is 1. The van der Waals surface area contributed by atoms with Crippen molar-refractivity contribution < 1.29 is 9.53 Å². The Morgan fingerprint density at radius 1 is 1.24 bits per heavy atom. The Hall–Kier alpha value is -3.06. The predicted octanol–water partition coefficient (Wildman–Crippen LogP) is 4.58. The van der Waals surface area contributed by atoms with Gasteiger partial charge in [0.1, 0.15) is 17.4 Å². The first kappa shape index (κ1) is 18.3. The van der Waals surface area contributed by atoms with Crippen LogP contribution in [0.15, 0.2) is 54.1 Å². The summed E-state index contributed by atoms with van der Waals surface area (Å²) < 4.78 is 5.15. The molecular formula is C21H22N2O2. The summed E-state index contributed by atoms with van der Waals surface area (Å²) in [7, 11) is 1.57. The van der Waals surface area contributed by atoms with Crippen LogP contribution >= 0.6 is 0 Å². The standard InChI is InChI=1S/C21H22N2O2/c1-3-4-6-16-9-11-19(12-10-16)23-21(24)18(15-22)13-17-7-5-8-20(14-17)25-2/h5,7-14H,3-4,6H2,1-2H3,(H,23,24)/b18-13+. The molecule has 0 fully saturated rings. The molecular weight excluding hydrogens is 312 g/mol. The number of ether oxygens (including phenoxy) is 1. The van der Waals surface area contributed by atoms with Gasteiger partial charge in [0.15, 0.2) is 0 Å². The summed E-state index contributed by atoms with van der Waals surface area (Å²) in [6.07, 6.45) is 4.88. The minimum absolute atomic E-state index is 0.0447. The van der Waals surface area contributed by atoms with Crippen LogP contribution in [0.4, 0.5) is 5.69 Å². The zero-order valence-electron chi connectivity index (χ0n) is 14.6. The lowest BCUT2D eigenvalue weighted by Crippen LogP contribution is -2.13. The van der Waals surface area contributed by atoms with Crippen LogP contribution in [0.3, 0.4) is 0 Å². The van der Waals surface area contributed by atoms with E-state index in [1.807, 2.05) is 48.5 Å². The number of aryl methyl sites for hydroxylation is 1. The number of nitrogens with zero attached hydrogens (tertiary/aromatic N) is 1. The SMILES string of the molecule is CCCCc1ccc(NC(=O)/C(C#N)=C/c2cccc(OC)c2)cc1. The molecule has 0 saturated heterocycles. The first-order valence-electron chi connectivity index (χ1n) is 8.32. The van der Waals surface area contributed by atoms with Gasteiger partial charge in [0.25, 0.3) is 5.91 Å². The van der Waals surface area contributed by atoms with Crippen LogP contribution in [-0.4, -0.2) is 13.0 Å². The number of anilines is 1. The first-order valence-corrected chi connectivity index (χ1v) is 8.32. The van der Waals surface area contributed by atoms with Crippen molar-refractivity contribution in [2.75, 3.05) is 12.4 Å². The molecule has 0 saturated carbocycles. The lowest BCUT2D eigenvalue weighted by atomic mass is 10.1. The summed E-state index contributed by atoms with van der Waals surface area (Å²) in [5.41, 5.74) is 2.70. The first-order chi connectivity index (χ1) is 12.2. The Morgan fingerprint density at radius 3 is 2.64 bits per heavy atom. The van der Waals surface area contributed by atoms with Crippen molar-refractivity contribution in [2.45, 2.75) is 26.2 Å². The van der Waals surface area contributed by atoms with Crippen molar-refractivity contribution >= 4 is 17.7 Å². The Kier molecular flexibility index (Phi) is 6.79. The molecule has 0 unspecified atom stereocenters. The third-order valence-electron chi connectivity index (χ3n) is 3.80. The molecule has 25 heavy (non-hydrogen) atoms. The van der Waals surface area contributed by atoms with Crippen molar-refractivity contribution in [3.63, 3.8) is 0 Å². The Balaban J connectivity index is 2.09. The van der Waals surface area contributed by atoms with E-state index in [2.05, 4.69) is 12.2 Å². The topological polar surface area (TPSA) is 62.1 Å². The summed E-state index contributed by atoms with van der Waals surface area (Å²) in [6, 6.07) is 16.9. The van der Waals surface area contributed by atoms with E-state index in [-0.39, 0.29) is 5.57 Å². The van der Waals surface area contributed by atoms with Crippen LogP contribution < -0.4 is 10.1 Å². The largest absolute Gasteiger partial charge is 0.497 e. The zero-order valence-corrected chi connectivity index (χ0v) is 14.6. The molecule has 0 radical (unpaired) electrons. The Labute approximate surface area is 148 Å². The van der Waals surface area contributed by atoms with Crippen molar-refractivity contribution in [1.82, 2.24) is 0 Å². The fourth-order valence-corrected chi connectivity index (χ4v) is 2.38. The van der Waals surface area contributed by atoms with Gasteiger partial charge in [-0.05, 0) is 54.3 Å². The van der Waals surface area contributed by atoms with E-state index in [1.165, 1.54) is 5.56 Å². The number of amides is 1. The minimum Gasteiger partial charge on any atom is -0.497 e. The molecule has 4 heteroatoms. The smallest absolute Gasteiger partial charge is 0.266 e. The number of carbonyl (C=O) groups excluding carboxylic acids is 1. The van der Waals surface area contributed by atoms with Gasteiger partial charge in [0, 0.05) is 5.69 Å². The van der Waals surface area contributed by atoms with Crippen LogP contribution in [0.2, 0.25) is 0 Å². The maximum Gasteiger partial charge on any atom is 0.266 e. The second-order valence-electron chi connectivity index (χ2n) is 5.70. The maximum absolute atomic E-state index is 12.3. The molecule has 2 aromatic carbocycles. The average Bonchev–Trinajstić information content (AvgIpc) is 2.65. The lowest BCUT2D eigenvalue weighted by Gasteiger charge is -2.06. The van der Waals surface area contributed by atoms with Crippen molar-refractivity contribution in [3.05, 3.63) is 65.2 Å². The number of methoxy groups -OCH3 is 1. The summed E-state index contributed by atoms with van der Waals surface area (Å²) in [4.78, 5) is 12.3. The van der Waals surface area contributed by atoms with Gasteiger partial charge in [-0.2, -0.15) is 5.26 Å². The van der Waals surface area contributed by atoms with Gasteiger partial charge in [-0.15, -0.1) is 0 Å². The van der Waals surface area contributed by atoms with Gasteiger partial charge in [0.2, 0.25) is 0 Å². The average molecular weight is 334 g/mol. The molecule has 0 heterocycles. The molecule has 128 valence electrons. The predicted molar refractivity (Wildman–Crippen MR) is 100 cm³/mol. The second kappa shape index (κ2) is 9.29. The normalized spacial score (nSPS) is 10.8. The molecule has 4 nitrogen and oxygen atoms in total. The van der Waals surface area contributed by atoms with E-state index < -0.39 is 5.91 Å². The summed E-state index contributed by atoms with van der Waals surface area (Å²) in [6.45, 7) is 2.16. The van der Waals surface area contributed by atoms with Gasteiger partial charge in [-0.1, -0.05) is 37.6 Å². The fourth-order valence-electron chi connectivity index (χ4n) is 2.38. The number of benzene rings is 2. The van der Waals surface area contributed by atoms with Crippen LogP contribution in [0.25, 0.3) is 6.08 Å². The molecule has 0 aromatic heterocycles. The van der Waals surface area contributed by atoms with E-state index in [4.69, 9.17) is 4.74 Å². The number of nitrogens with one attached hydrogen (secondary N) is 1. The molecule has 0 aliphatic rings. The molecule has 0 atom stereocenters. The third kappa shape index (κ3) is 5.50. The molecule has 0 aliphatic heterocycles. The van der Waals surface area contributed by atoms with Crippen molar-refractivity contribution in [1.29, 1.82) is 5.26 Å².